The number of nitrogens with zero attached hydrogens (tertiary/aromatic N) is 1. The molecule has 1 unspecified atom stereocenters. The molecule has 2 rings (SSSR count). The van der Waals surface area contributed by atoms with Crippen LogP contribution >= 0.6 is 0 Å². The molecular weight excluding hydrogens is 280 g/mol. The molecular formula is C14H17F2N3O2. The summed E-state index contributed by atoms with van der Waals surface area (Å²) in [6.45, 7) is -1.03. The predicted molar refractivity (Wildman–Crippen MR) is 74.4 cm³/mol. The number of benzene rings is 1. The van der Waals surface area contributed by atoms with Crippen molar-refractivity contribution in [3.63, 3.8) is 0 Å². The monoisotopic (exact) mass is 297 g/mol. The van der Waals surface area contributed by atoms with E-state index >= 15 is 0 Å². The standard InChI is InChI=1S/C14H17F2N3O2/c1-14(11(20)18-13(17-2)19-14)8-7-9-3-5-10(6-4-9)21-12(15)16/h3-6,12H,7-8H2,1-2H3,(H2,17,18,19,20). The lowest BCUT2D eigenvalue weighted by Crippen LogP contribution is -2.44. The molecule has 114 valence electrons. The van der Waals surface area contributed by atoms with Crippen molar-refractivity contribution >= 4 is 11.9 Å². The molecule has 1 saturated heterocycles. The third kappa shape index (κ3) is 3.68. The van der Waals surface area contributed by atoms with Crippen molar-refractivity contribution < 1.29 is 18.3 Å². The minimum atomic E-state index is -2.83. The summed E-state index contributed by atoms with van der Waals surface area (Å²) in [5.41, 5.74) is 0.224. The van der Waals surface area contributed by atoms with Gasteiger partial charge in [-0.15, -0.1) is 0 Å². The van der Waals surface area contributed by atoms with Crippen LogP contribution in [0.4, 0.5) is 8.78 Å². The lowest BCUT2D eigenvalue weighted by atomic mass is 9.93. The highest BCUT2D eigenvalue weighted by Gasteiger charge is 2.39. The number of amides is 1. The third-order valence-corrected chi connectivity index (χ3v) is 3.41. The fourth-order valence-corrected chi connectivity index (χ4v) is 2.11. The summed E-state index contributed by atoms with van der Waals surface area (Å²) in [4.78, 5) is 15.8. The van der Waals surface area contributed by atoms with E-state index in [9.17, 15) is 13.6 Å². The molecule has 0 bridgehead atoms. The summed E-state index contributed by atoms with van der Waals surface area (Å²) >= 11 is 0. The zero-order valence-electron chi connectivity index (χ0n) is 11.8. The number of halogens is 2. The molecule has 2 N–H and O–H groups in total. The second kappa shape index (κ2) is 6.07. The Bertz CT molecular complexity index is 546. The molecule has 0 aliphatic carbocycles. The molecule has 7 heteroatoms. The molecule has 1 aliphatic rings. The van der Waals surface area contributed by atoms with Crippen molar-refractivity contribution in [1.82, 2.24) is 10.6 Å². The highest BCUT2D eigenvalue weighted by molar-refractivity contribution is 6.08. The van der Waals surface area contributed by atoms with Crippen LogP contribution in [0.5, 0.6) is 5.75 Å². The number of ether oxygens (including phenoxy) is 1. The minimum Gasteiger partial charge on any atom is -0.435 e. The first kappa shape index (κ1) is 15.2. The Labute approximate surface area is 121 Å². The maximum absolute atomic E-state index is 12.1. The molecule has 1 heterocycles. The molecule has 1 aromatic rings. The summed E-state index contributed by atoms with van der Waals surface area (Å²) in [7, 11) is 1.59. The van der Waals surface area contributed by atoms with E-state index in [0.29, 0.717) is 18.8 Å². The molecule has 1 aliphatic heterocycles. The largest absolute Gasteiger partial charge is 0.435 e. The molecule has 1 atom stereocenters. The van der Waals surface area contributed by atoms with Gasteiger partial charge in [-0.1, -0.05) is 12.1 Å². The summed E-state index contributed by atoms with van der Waals surface area (Å²) < 4.78 is 28.4. The van der Waals surface area contributed by atoms with Crippen molar-refractivity contribution in [2.75, 3.05) is 7.05 Å². The molecule has 1 fully saturated rings. The molecule has 21 heavy (non-hydrogen) atoms. The Balaban J connectivity index is 1.95. The lowest BCUT2D eigenvalue weighted by Gasteiger charge is -2.20. The fraction of sp³-hybridized carbons (Fsp3) is 0.429. The normalized spacial score (nSPS) is 23.3. The SMILES string of the molecule is CN=C1NC(=O)C(C)(CCc2ccc(OC(F)F)cc2)N1. The number of alkyl halides is 2. The third-order valence-electron chi connectivity index (χ3n) is 3.41. The van der Waals surface area contributed by atoms with E-state index in [-0.39, 0.29) is 11.7 Å². The Morgan fingerprint density at radius 3 is 2.52 bits per heavy atom. The van der Waals surface area contributed by atoms with Gasteiger partial charge >= 0.3 is 6.61 Å². The quantitative estimate of drug-likeness (QED) is 0.869. The number of carbonyl (C=O) groups excluding carboxylic acids is 1. The van der Waals surface area contributed by atoms with Gasteiger partial charge in [0.15, 0.2) is 5.96 Å². The molecule has 0 radical (unpaired) electrons. The van der Waals surface area contributed by atoms with Crippen molar-refractivity contribution in [2.45, 2.75) is 31.9 Å². The van der Waals surface area contributed by atoms with E-state index in [1.807, 2.05) is 0 Å². The van der Waals surface area contributed by atoms with Crippen LogP contribution in [-0.2, 0) is 11.2 Å². The average Bonchev–Trinajstić information content (AvgIpc) is 2.73. The smallest absolute Gasteiger partial charge is 0.387 e. The van der Waals surface area contributed by atoms with Crippen LogP contribution in [-0.4, -0.2) is 31.1 Å². The molecule has 1 amide bonds. The Morgan fingerprint density at radius 2 is 2.00 bits per heavy atom. The van der Waals surface area contributed by atoms with Crippen LogP contribution in [0.1, 0.15) is 18.9 Å². The topological polar surface area (TPSA) is 62.7 Å². The van der Waals surface area contributed by atoms with Gasteiger partial charge in [0, 0.05) is 7.05 Å². The van der Waals surface area contributed by atoms with Gasteiger partial charge < -0.3 is 10.1 Å². The maximum atomic E-state index is 12.1. The number of hydrogen-bond donors (Lipinski definition) is 2. The zero-order valence-corrected chi connectivity index (χ0v) is 11.8. The van der Waals surface area contributed by atoms with Gasteiger partial charge in [0.25, 0.3) is 5.91 Å². The second-order valence-corrected chi connectivity index (χ2v) is 5.01. The minimum absolute atomic E-state index is 0.122. The van der Waals surface area contributed by atoms with Crippen LogP contribution in [0.25, 0.3) is 0 Å². The first-order valence-corrected chi connectivity index (χ1v) is 6.53. The van der Waals surface area contributed by atoms with E-state index < -0.39 is 12.2 Å². The second-order valence-electron chi connectivity index (χ2n) is 5.01. The molecule has 0 saturated carbocycles. The van der Waals surface area contributed by atoms with Crippen LogP contribution < -0.4 is 15.4 Å². The Hall–Kier alpha value is -2.18. The van der Waals surface area contributed by atoms with Gasteiger partial charge in [-0.25, -0.2) is 0 Å². The van der Waals surface area contributed by atoms with Gasteiger partial charge in [0.1, 0.15) is 11.3 Å². The van der Waals surface area contributed by atoms with Crippen molar-refractivity contribution in [1.29, 1.82) is 0 Å². The van der Waals surface area contributed by atoms with Gasteiger partial charge in [0.2, 0.25) is 0 Å². The summed E-state index contributed by atoms with van der Waals surface area (Å²) in [5.74, 6) is 0.459. The van der Waals surface area contributed by atoms with E-state index in [1.165, 1.54) is 12.1 Å². The molecule has 0 aromatic heterocycles. The maximum Gasteiger partial charge on any atom is 0.387 e. The highest BCUT2D eigenvalue weighted by Crippen LogP contribution is 2.20. The summed E-state index contributed by atoms with van der Waals surface area (Å²) in [6.07, 6.45) is 1.19. The van der Waals surface area contributed by atoms with Crippen LogP contribution in [0.3, 0.4) is 0 Å². The number of hydrogen-bond acceptors (Lipinski definition) is 3. The van der Waals surface area contributed by atoms with Crippen LogP contribution in [0, 0.1) is 0 Å². The fourth-order valence-electron chi connectivity index (χ4n) is 2.11. The zero-order chi connectivity index (χ0) is 15.5. The van der Waals surface area contributed by atoms with Gasteiger partial charge in [0.05, 0.1) is 0 Å². The first-order chi connectivity index (χ1) is 9.93. The van der Waals surface area contributed by atoms with Crippen LogP contribution in [0.15, 0.2) is 29.3 Å². The number of aliphatic imine (C=N–C) groups is 1. The van der Waals surface area contributed by atoms with E-state index in [2.05, 4.69) is 20.4 Å². The Kier molecular flexibility index (Phi) is 4.40. The van der Waals surface area contributed by atoms with E-state index in [1.54, 1.807) is 26.1 Å². The van der Waals surface area contributed by atoms with Crippen LogP contribution in [0.2, 0.25) is 0 Å². The number of rotatable bonds is 5. The summed E-state index contributed by atoms with van der Waals surface area (Å²) in [5, 5.41) is 5.70. The lowest BCUT2D eigenvalue weighted by molar-refractivity contribution is -0.123. The molecule has 5 nitrogen and oxygen atoms in total. The van der Waals surface area contributed by atoms with Crippen molar-refractivity contribution in [3.8, 4) is 5.75 Å². The number of carbonyl (C=O) groups is 1. The number of aryl methyl sites for hydroxylation is 1. The number of guanidine groups is 1. The van der Waals surface area contributed by atoms with Crippen molar-refractivity contribution in [3.05, 3.63) is 29.8 Å². The molecule has 0 spiro atoms. The highest BCUT2D eigenvalue weighted by atomic mass is 19.3. The average molecular weight is 297 g/mol. The first-order valence-electron chi connectivity index (χ1n) is 6.53. The Morgan fingerprint density at radius 1 is 1.33 bits per heavy atom. The van der Waals surface area contributed by atoms with Gasteiger partial charge in [-0.05, 0) is 37.5 Å². The number of nitrogens with one attached hydrogen (secondary N) is 2. The van der Waals surface area contributed by atoms with Gasteiger partial charge in [-0.2, -0.15) is 8.78 Å². The van der Waals surface area contributed by atoms with Gasteiger partial charge in [-0.3, -0.25) is 15.1 Å². The summed E-state index contributed by atoms with van der Waals surface area (Å²) in [6, 6.07) is 6.40. The predicted octanol–water partition coefficient (Wildman–Crippen LogP) is 1.68. The van der Waals surface area contributed by atoms with Crippen molar-refractivity contribution in [2.24, 2.45) is 4.99 Å². The van der Waals surface area contributed by atoms with E-state index in [4.69, 9.17) is 0 Å². The molecule has 1 aromatic carbocycles. The van der Waals surface area contributed by atoms with E-state index in [0.717, 1.165) is 5.56 Å².